The number of carboxylic acids is 1. The van der Waals surface area contributed by atoms with E-state index in [1.807, 2.05) is 30.5 Å². The van der Waals surface area contributed by atoms with Gasteiger partial charge in [-0.2, -0.15) is 0 Å². The number of amides is 5. The number of carbonyl (C=O) groups excluding carboxylic acids is 5. The smallest absolute Gasteiger partial charge is 0.354 e. The Hall–Kier alpha value is -11.3. The van der Waals surface area contributed by atoms with Gasteiger partial charge in [0.25, 0.3) is 28.7 Å². The van der Waals surface area contributed by atoms with E-state index in [4.69, 9.17) is 113 Å². The van der Waals surface area contributed by atoms with Crippen molar-refractivity contribution >= 4 is 116 Å². The highest BCUT2D eigenvalue weighted by molar-refractivity contribution is 6.67. The fraction of sp³-hybridized carbons (Fsp3) is 0.103. The van der Waals surface area contributed by atoms with Crippen LogP contribution in [-0.2, 0) is 0 Å². The molecule has 30 heteroatoms. The van der Waals surface area contributed by atoms with Crippen molar-refractivity contribution in [3.63, 3.8) is 0 Å². The number of ether oxygens (including phenoxy) is 2. The lowest BCUT2D eigenvalue weighted by atomic mass is 10.2. The summed E-state index contributed by atoms with van der Waals surface area (Å²) in [6.07, 6.45) is 14.1. The van der Waals surface area contributed by atoms with Crippen LogP contribution in [0.1, 0.15) is 81.4 Å². The highest BCUT2D eigenvalue weighted by Gasteiger charge is 2.11. The molecule has 4 aromatic carbocycles. The molecule has 0 unspecified atom stereocenters. The van der Waals surface area contributed by atoms with E-state index in [2.05, 4.69) is 47.4 Å². The molecule has 0 saturated heterocycles. The maximum atomic E-state index is 12.2. The van der Waals surface area contributed by atoms with Crippen LogP contribution in [0.3, 0.4) is 0 Å². The number of pyridine rings is 5. The molecule has 0 spiro atoms. The predicted octanol–water partition coefficient (Wildman–Crippen LogP) is 13.7. The van der Waals surface area contributed by atoms with Crippen molar-refractivity contribution in [1.29, 1.82) is 0 Å². The molecule has 10 rings (SSSR count). The summed E-state index contributed by atoms with van der Waals surface area (Å²) in [5.74, 6) is -1.62. The van der Waals surface area contributed by atoms with Gasteiger partial charge in [0.15, 0.2) is 0 Å². The van der Waals surface area contributed by atoms with Crippen LogP contribution in [-0.4, -0.2) is 105 Å². The van der Waals surface area contributed by atoms with E-state index in [-0.39, 0.29) is 34.2 Å². The lowest BCUT2D eigenvalue weighted by Crippen LogP contribution is -2.19. The Morgan fingerprint density at radius 1 is 0.520 bits per heavy atom. The number of aromatic nitrogens is 5. The van der Waals surface area contributed by atoms with Crippen LogP contribution in [0.5, 0.6) is 23.0 Å². The molecule has 0 bridgehead atoms. The number of hydrogen-bond acceptors (Lipinski definition) is 18. The first kappa shape index (κ1) is 62.8. The fourth-order valence-electron chi connectivity index (χ4n) is 6.45. The molecule has 5 aromatic heterocycles. The van der Waals surface area contributed by atoms with Gasteiger partial charge in [0.05, 0.1) is 26.8 Å². The number of carbonyl (C=O) groups is 6. The van der Waals surface area contributed by atoms with Gasteiger partial charge < -0.3 is 69.2 Å². The van der Waals surface area contributed by atoms with Crippen LogP contribution in [0.2, 0.25) is 20.1 Å². The number of alkyl halides is 1. The summed E-state index contributed by atoms with van der Waals surface area (Å²) in [6, 6.07) is 39.8. The van der Waals surface area contributed by atoms with Crippen LogP contribution in [0.4, 0.5) is 31.9 Å². The molecule has 0 saturated carbocycles. The standard InChI is InChI=1S/C21H19ClN4O3.C13H13N3O2.C7H7ClN2O.C7H8ClN.C6H3Cl2NO.C6H5NO2.C6H5NO.CH3F.CH5N/c1-13-11-15(5-8-18(13)22)26-21(28)25-14-3-6-16(7-4-14)29-17-9-10-24-19(12-17)20(27)23-2;1-15-13(17)12-8-11(6-7-16-12)18-10-4-2-9(14)3-5-10;1-9-7(11)6-4-5(8)2-3-10-6;1-5-4-6(9)2-3-7(5)8;7-4-1-2-9-5(3-4)6(8)10;8-6(9)5-3-1-2-4-7-5;7-5-1-3-6(8)4-2-5;2*1-2/h3-12H,1-2H3,(H,23,27)(H2,25,26,28);2-8H,14H2,1H3,(H,15,17);2-4H,1H3,(H,9,11);2-4H,9H2,1H3;1-3H;1-4H,(H,8,9);1-3H,7H2;1H3;2H2,1H3/p+1/i2D3;2*1D3;;;;;1D;1D3. The number of nitrogens with two attached hydrogens (primary N) is 4. The molecule has 0 atom stereocenters. The lowest BCUT2D eigenvalue weighted by Gasteiger charge is -2.10. The number of rotatable bonds is 11. The molecule has 1 aliphatic rings. The molecule has 0 radical (unpaired) electrons. The molecular formula is C68H69Cl5FN14O10+. The molecule has 0 fully saturated rings. The normalized spacial score (nSPS) is 12.4. The Balaban J connectivity index is 0.000000459. The summed E-state index contributed by atoms with van der Waals surface area (Å²) in [4.78, 5) is 86.2. The zero-order valence-electron chi connectivity index (χ0n) is 64.2. The minimum atomic E-state index is -2.61. The monoisotopic (exact) mass is 1450 g/mol. The number of aromatic carboxylic acids is 1. The van der Waals surface area contributed by atoms with Crippen molar-refractivity contribution in [2.45, 2.75) is 13.8 Å². The number of benzene rings is 4. The molecule has 9 aromatic rings. The molecule has 5 amide bonds. The Morgan fingerprint density at radius 2 is 0.949 bits per heavy atom. The van der Waals surface area contributed by atoms with Crippen LogP contribution >= 0.6 is 58.0 Å². The Labute approximate surface area is 608 Å². The average Bonchev–Trinajstić information content (AvgIpc) is 0.866. The van der Waals surface area contributed by atoms with Gasteiger partial charge in [-0.25, -0.2) is 14.6 Å². The van der Waals surface area contributed by atoms with E-state index in [0.29, 0.717) is 60.8 Å². The van der Waals surface area contributed by atoms with Crippen molar-refractivity contribution in [2.24, 2.45) is 11.5 Å². The third-order valence-electron chi connectivity index (χ3n) is 10.9. The number of nitrogens with zero attached hydrogens (tertiary/aromatic N) is 5. The number of anilines is 4. The maximum Gasteiger partial charge on any atom is 0.354 e. The second kappa shape index (κ2) is 45.9. The number of allylic oxidation sites excluding steroid dienone is 4. The van der Waals surface area contributed by atoms with Gasteiger partial charge in [0, 0.05) is 123 Å². The predicted molar refractivity (Wildman–Crippen MR) is 383 cm³/mol. The molecule has 98 heavy (non-hydrogen) atoms. The van der Waals surface area contributed by atoms with Crippen LogP contribution in [0, 0.1) is 19.9 Å². The van der Waals surface area contributed by atoms with Crippen molar-refractivity contribution < 1.29 is 70.7 Å². The number of nitrogen functional groups attached to an aromatic ring is 2. The number of nitrogens with one attached hydrogen (secondary N) is 5. The highest BCUT2D eigenvalue weighted by atomic mass is 35.5. The molecule has 1 aliphatic carbocycles. The Bertz CT molecular complexity index is 4600. The lowest BCUT2D eigenvalue weighted by molar-refractivity contribution is 0.0689. The second-order valence-corrected chi connectivity index (χ2v) is 20.0. The largest absolute Gasteiger partial charge is 0.481 e. The Kier molecular flexibility index (Phi) is 29.4. The summed E-state index contributed by atoms with van der Waals surface area (Å²) in [7, 11) is -1.00. The van der Waals surface area contributed by atoms with E-state index < -0.39 is 70.0 Å². The average molecular weight is 1450 g/mol. The summed E-state index contributed by atoms with van der Waals surface area (Å²) in [5, 5.41) is 29.5. The first-order valence-electron chi connectivity index (χ1n) is 33.7. The van der Waals surface area contributed by atoms with Gasteiger partial charge in [0.2, 0.25) is 0 Å². The summed E-state index contributed by atoms with van der Waals surface area (Å²) < 4.78 is 108. The number of carboxylic acid groups (broad SMARTS) is 1. The first-order valence-corrected chi connectivity index (χ1v) is 28.8. The third kappa shape index (κ3) is 32.7. The van der Waals surface area contributed by atoms with Gasteiger partial charge in [-0.1, -0.05) is 52.5 Å². The van der Waals surface area contributed by atoms with E-state index in [0.717, 1.165) is 21.8 Å². The number of urea groups is 1. The fourth-order valence-corrected chi connectivity index (χ4v) is 7.10. The van der Waals surface area contributed by atoms with Gasteiger partial charge in [-0.15, -0.1) is 0 Å². The molecule has 15 N–H and O–H groups in total. The zero-order valence-corrected chi connectivity index (χ0v) is 55.0. The van der Waals surface area contributed by atoms with Crippen molar-refractivity contribution in [2.75, 3.05) is 57.2 Å². The summed E-state index contributed by atoms with van der Waals surface area (Å²) in [6.45, 7) is -6.17. The van der Waals surface area contributed by atoms with E-state index in [1.54, 1.807) is 115 Å². The van der Waals surface area contributed by atoms with Crippen molar-refractivity contribution in [3.8, 4) is 23.0 Å². The van der Waals surface area contributed by atoms with Gasteiger partial charge >= 0.3 is 12.0 Å². The van der Waals surface area contributed by atoms with E-state index in [1.165, 1.54) is 85.6 Å². The minimum absolute atomic E-state index is 0.0198. The second-order valence-electron chi connectivity index (χ2n) is 18.0. The number of aliphatic hydroxyl groups excluding tert-OH is 1. The number of hydrogen-bond donors (Lipinski definition) is 11. The van der Waals surface area contributed by atoms with Crippen LogP contribution < -0.4 is 59.0 Å². The Morgan fingerprint density at radius 3 is 1.35 bits per heavy atom. The van der Waals surface area contributed by atoms with Gasteiger partial charge in [0.1, 0.15) is 63.2 Å². The van der Waals surface area contributed by atoms with Crippen molar-refractivity contribution in [3.05, 3.63) is 278 Å². The molecular weight excluding hydrogens is 1370 g/mol. The topological polar surface area (TPSA) is 390 Å². The summed E-state index contributed by atoms with van der Waals surface area (Å²) >= 11 is 28.0. The SMILES string of the molecule is Cc1cc(N)ccc1Cl.NC1=C[C+]=C(O)C=C1.O=C(Cl)c1cc(Cl)ccn1.O=C(O)c1ccccn1.[2H]C([2H])([2H])N.[2H]C([2H])([2H])NC(=O)c1cc(Cl)ccn1.[2H]C([2H])([2H])NC(=O)c1cc(Oc2ccc(N)cc2)ccn1.[2H]C([2H])([2H])NC(=O)c1cc(Oc2ccc(NC(=O)Nc3ccc(Cl)c(C)c3)cc2)ccn1.[2H]CF. The molecule has 512 valence electrons. The summed E-state index contributed by atoms with van der Waals surface area (Å²) in [5.41, 5.74) is 25.8. The zero-order chi connectivity index (χ0) is 83.8. The first-order chi connectivity index (χ1) is 51.7. The van der Waals surface area contributed by atoms with E-state index in [9.17, 15) is 33.2 Å². The van der Waals surface area contributed by atoms with Crippen LogP contribution in [0.15, 0.2) is 212 Å². The number of aryl methyl sites for hydroxylation is 2. The molecule has 24 nitrogen and oxygen atoms in total. The molecule has 0 aliphatic heterocycles. The van der Waals surface area contributed by atoms with Crippen LogP contribution in [0.25, 0.3) is 0 Å². The van der Waals surface area contributed by atoms with Crippen molar-refractivity contribution in [1.82, 2.24) is 40.9 Å². The third-order valence-corrected chi connectivity index (χ3v) is 12.4. The number of aliphatic hydroxyl groups is 1. The molecule has 5 heterocycles. The van der Waals surface area contributed by atoms with Gasteiger partial charge in [-0.05, 0) is 177 Å². The highest BCUT2D eigenvalue weighted by Crippen LogP contribution is 2.26. The number of halogens is 6. The maximum absolute atomic E-state index is 12.2. The quantitative estimate of drug-likeness (QED) is 0.0325. The van der Waals surface area contributed by atoms with E-state index >= 15 is 0 Å². The van der Waals surface area contributed by atoms with Gasteiger partial charge in [-0.3, -0.25) is 43.5 Å². The minimum Gasteiger partial charge on any atom is -0.481 e.